The summed E-state index contributed by atoms with van der Waals surface area (Å²) >= 11 is 0.0000460. The molecule has 1 aromatic carbocycles. The summed E-state index contributed by atoms with van der Waals surface area (Å²) in [5, 5.41) is 1.33. The Morgan fingerprint density at radius 1 is 1.31 bits per heavy atom. The van der Waals surface area contributed by atoms with Crippen molar-refractivity contribution in [3.05, 3.63) is 48.2 Å². The van der Waals surface area contributed by atoms with E-state index in [-0.39, 0.29) is 21.5 Å². The number of fused-ring (bicyclic) bond motifs is 1. The molecule has 0 fully saturated rings. The van der Waals surface area contributed by atoms with E-state index in [0.717, 1.165) is 0 Å². The summed E-state index contributed by atoms with van der Waals surface area (Å²) < 4.78 is 2.41. The molecule has 1 heterocycles. The fraction of sp³-hybridized carbons (Fsp3) is 0.143. The van der Waals surface area contributed by atoms with E-state index in [0.29, 0.717) is 0 Å². The van der Waals surface area contributed by atoms with Crippen LogP contribution in [0.3, 0.4) is 0 Å². The maximum atomic E-state index is 3.94. The summed E-state index contributed by atoms with van der Waals surface area (Å²) in [4.78, 5) is 2.28. The van der Waals surface area contributed by atoms with E-state index in [4.69, 9.17) is 0 Å². The van der Waals surface area contributed by atoms with E-state index in [1.54, 1.807) is 0 Å². The summed E-state index contributed by atoms with van der Waals surface area (Å²) in [5.74, 6) is 0. The zero-order valence-electron chi connectivity index (χ0n) is 9.57. The third-order valence-electron chi connectivity index (χ3n) is 2.59. The Morgan fingerprint density at radius 3 is 2.69 bits per heavy atom. The Kier molecular flexibility index (Phi) is 3.49. The van der Waals surface area contributed by atoms with Gasteiger partial charge in [-0.3, -0.25) is 0 Å². The molecule has 0 aliphatic heterocycles. The minimum atomic E-state index is 0.0000460. The van der Waals surface area contributed by atoms with Gasteiger partial charge in [-0.05, 0) is 0 Å². The topological polar surface area (TPSA) is 4.93 Å². The summed E-state index contributed by atoms with van der Waals surface area (Å²) in [5.41, 5.74) is 3.89. The number of allylic oxidation sites excluding steroid dienone is 1. The van der Waals surface area contributed by atoms with E-state index in [9.17, 15) is 0 Å². The molecular formula is C14H15IN-. The predicted molar refractivity (Wildman–Crippen MR) is 68.1 cm³/mol. The van der Waals surface area contributed by atoms with Crippen LogP contribution in [0.4, 0.5) is 0 Å². The number of nitrogens with zero attached hydrogens (tertiary/aromatic N) is 1. The second kappa shape index (κ2) is 4.87. The molecule has 2 aromatic rings. The first-order chi connectivity index (χ1) is 7.83. The molecule has 2 rings (SSSR count). The van der Waals surface area contributed by atoms with Gasteiger partial charge >= 0.3 is 107 Å². The zero-order chi connectivity index (χ0) is 11.5. The van der Waals surface area contributed by atoms with Gasteiger partial charge < -0.3 is 0 Å². The van der Waals surface area contributed by atoms with Crippen LogP contribution in [0.5, 0.6) is 0 Å². The summed E-state index contributed by atoms with van der Waals surface area (Å²) in [6.45, 7) is 6.00. The van der Waals surface area contributed by atoms with E-state index in [1.807, 2.05) is 6.08 Å². The predicted octanol–water partition coefficient (Wildman–Crippen LogP) is 0.799. The van der Waals surface area contributed by atoms with Gasteiger partial charge in [0.1, 0.15) is 0 Å². The SMILES string of the molecule is C=Cc1c(/C=C\C)c2ccccc2n1[I-]C. The first kappa shape index (κ1) is 11.5. The first-order valence-corrected chi connectivity index (χ1v) is 8.34. The van der Waals surface area contributed by atoms with Crippen molar-refractivity contribution >= 4 is 23.1 Å². The molecular weight excluding hydrogens is 309 g/mol. The van der Waals surface area contributed by atoms with Gasteiger partial charge in [-0.15, -0.1) is 0 Å². The van der Waals surface area contributed by atoms with Crippen LogP contribution in [0.25, 0.3) is 23.1 Å². The van der Waals surface area contributed by atoms with Gasteiger partial charge in [-0.1, -0.05) is 0 Å². The van der Waals surface area contributed by atoms with E-state index in [1.165, 1.54) is 22.2 Å². The Balaban J connectivity index is 2.89. The monoisotopic (exact) mass is 324 g/mol. The van der Waals surface area contributed by atoms with Crippen molar-refractivity contribution in [2.45, 2.75) is 6.92 Å². The van der Waals surface area contributed by atoms with Crippen molar-refractivity contribution in [3.8, 4) is 0 Å². The van der Waals surface area contributed by atoms with Crippen LogP contribution in [0.1, 0.15) is 18.2 Å². The molecule has 0 atom stereocenters. The van der Waals surface area contributed by atoms with Crippen molar-refractivity contribution in [3.63, 3.8) is 0 Å². The van der Waals surface area contributed by atoms with Crippen molar-refractivity contribution in [1.29, 1.82) is 0 Å². The number of alkyl halides is 1. The zero-order valence-corrected chi connectivity index (χ0v) is 11.7. The van der Waals surface area contributed by atoms with Crippen LogP contribution < -0.4 is 21.5 Å². The van der Waals surface area contributed by atoms with Crippen molar-refractivity contribution in [2.75, 3.05) is 4.93 Å². The number of hydrogen-bond donors (Lipinski definition) is 0. The van der Waals surface area contributed by atoms with E-state index >= 15 is 0 Å². The van der Waals surface area contributed by atoms with Gasteiger partial charge in [0, 0.05) is 0 Å². The average Bonchev–Trinajstić information content (AvgIpc) is 2.63. The molecule has 0 N–H and O–H groups in total. The van der Waals surface area contributed by atoms with Crippen molar-refractivity contribution in [1.82, 2.24) is 2.78 Å². The van der Waals surface area contributed by atoms with Crippen LogP contribution in [0.15, 0.2) is 36.9 Å². The molecule has 0 aliphatic rings. The van der Waals surface area contributed by atoms with E-state index in [2.05, 4.69) is 57.6 Å². The Labute approximate surface area is 107 Å². The Morgan fingerprint density at radius 2 is 2.06 bits per heavy atom. The Bertz CT molecular complexity index is 549. The molecule has 0 bridgehead atoms. The average molecular weight is 324 g/mol. The number of aromatic nitrogens is 1. The third kappa shape index (κ3) is 1.71. The molecule has 0 saturated heterocycles. The van der Waals surface area contributed by atoms with Gasteiger partial charge in [0.2, 0.25) is 0 Å². The molecule has 16 heavy (non-hydrogen) atoms. The van der Waals surface area contributed by atoms with Crippen LogP contribution in [-0.2, 0) is 0 Å². The number of para-hydroxylation sites is 1. The molecule has 2 heteroatoms. The summed E-state index contributed by atoms with van der Waals surface area (Å²) in [6.07, 6.45) is 6.24. The van der Waals surface area contributed by atoms with Gasteiger partial charge in [0.05, 0.1) is 0 Å². The summed E-state index contributed by atoms with van der Waals surface area (Å²) in [6, 6.07) is 8.58. The van der Waals surface area contributed by atoms with Crippen molar-refractivity contribution in [2.24, 2.45) is 0 Å². The molecule has 0 amide bonds. The van der Waals surface area contributed by atoms with Gasteiger partial charge in [-0.2, -0.15) is 0 Å². The molecule has 0 aliphatic carbocycles. The molecule has 0 unspecified atom stereocenters. The summed E-state index contributed by atoms with van der Waals surface area (Å²) in [7, 11) is 0. The fourth-order valence-electron chi connectivity index (χ4n) is 1.96. The number of halogens is 1. The molecule has 0 radical (unpaired) electrons. The first-order valence-electron chi connectivity index (χ1n) is 5.22. The third-order valence-corrected chi connectivity index (χ3v) is 4.59. The normalized spacial score (nSPS) is 11.6. The maximum absolute atomic E-state index is 3.94. The van der Waals surface area contributed by atoms with Crippen LogP contribution in [0.2, 0.25) is 0 Å². The van der Waals surface area contributed by atoms with Crippen LogP contribution in [-0.4, -0.2) is 7.71 Å². The standard InChI is InChI=1S/C14H15IN/c1-4-8-11-12-9-6-7-10-14(12)16(15-3)13(11)5-2/h4-10H,2H2,1,3H3/q-1/b8-4-. The molecule has 0 spiro atoms. The molecule has 84 valence electrons. The molecule has 0 saturated carbocycles. The second-order valence-corrected chi connectivity index (χ2v) is 5.40. The van der Waals surface area contributed by atoms with Gasteiger partial charge in [0.25, 0.3) is 0 Å². The Hall–Kier alpha value is -1.03. The molecule has 1 nitrogen and oxygen atoms in total. The molecule has 1 aromatic heterocycles. The fourth-order valence-corrected chi connectivity index (χ4v) is 3.88. The van der Waals surface area contributed by atoms with Gasteiger partial charge in [0.15, 0.2) is 0 Å². The minimum absolute atomic E-state index is 0.0000460. The van der Waals surface area contributed by atoms with Crippen molar-refractivity contribution < 1.29 is 21.5 Å². The van der Waals surface area contributed by atoms with E-state index < -0.39 is 0 Å². The van der Waals surface area contributed by atoms with Gasteiger partial charge in [-0.25, -0.2) is 0 Å². The van der Waals surface area contributed by atoms with Crippen LogP contribution in [0, 0.1) is 0 Å². The number of benzene rings is 1. The second-order valence-electron chi connectivity index (χ2n) is 3.47. The quantitative estimate of drug-likeness (QED) is 0.581. The number of hydrogen-bond acceptors (Lipinski definition) is 0. The van der Waals surface area contributed by atoms with Crippen LogP contribution >= 0.6 is 0 Å². The number of rotatable bonds is 3.